The van der Waals surface area contributed by atoms with Gasteiger partial charge in [0, 0.05) is 26.1 Å². The molecule has 0 unspecified atom stereocenters. The first-order valence-corrected chi connectivity index (χ1v) is 11.1. The van der Waals surface area contributed by atoms with Crippen LogP contribution in [0.2, 0.25) is 0 Å². The zero-order chi connectivity index (χ0) is 19.5. The van der Waals surface area contributed by atoms with Crippen LogP contribution in [0.3, 0.4) is 0 Å². The quantitative estimate of drug-likeness (QED) is 0.621. The van der Waals surface area contributed by atoms with Gasteiger partial charge in [-0.3, -0.25) is 0 Å². The van der Waals surface area contributed by atoms with Gasteiger partial charge in [-0.05, 0) is 38.5 Å². The average molecular weight is 396 g/mol. The molecule has 0 amide bonds. The first-order valence-electron chi connectivity index (χ1n) is 9.46. The molecule has 0 bridgehead atoms. The fourth-order valence-corrected chi connectivity index (χ4v) is 4.59. The van der Waals surface area contributed by atoms with E-state index < -0.39 is 14.6 Å². The van der Waals surface area contributed by atoms with Crippen LogP contribution in [-0.4, -0.2) is 62.6 Å². The summed E-state index contributed by atoms with van der Waals surface area (Å²) in [5.41, 5.74) is 1.03. The van der Waals surface area contributed by atoms with Gasteiger partial charge in [-0.1, -0.05) is 6.07 Å². The highest BCUT2D eigenvalue weighted by molar-refractivity contribution is 7.92. The Labute approximate surface area is 161 Å². The molecule has 0 aliphatic carbocycles. The summed E-state index contributed by atoms with van der Waals surface area (Å²) in [5, 5.41) is 3.29. The van der Waals surface area contributed by atoms with Gasteiger partial charge in [0.2, 0.25) is 0 Å². The molecule has 3 rings (SSSR count). The number of rotatable bonds is 3. The maximum Gasteiger partial charge on any atom is 0.194 e. The van der Waals surface area contributed by atoms with E-state index in [4.69, 9.17) is 14.5 Å². The normalized spacial score (nSPS) is 21.4. The van der Waals surface area contributed by atoms with Gasteiger partial charge in [-0.15, -0.1) is 0 Å². The summed E-state index contributed by atoms with van der Waals surface area (Å²) in [6, 6.07) is 5.89. The number of aliphatic imine (C=N–C) groups is 1. The second-order valence-electron chi connectivity index (χ2n) is 7.50. The van der Waals surface area contributed by atoms with E-state index in [9.17, 15) is 8.42 Å². The third-order valence-corrected chi connectivity index (χ3v) is 7.43. The van der Waals surface area contributed by atoms with Crippen molar-refractivity contribution in [3.63, 3.8) is 0 Å². The first-order chi connectivity index (χ1) is 12.8. The predicted octanol–water partition coefficient (Wildman–Crippen LogP) is 1.82. The van der Waals surface area contributed by atoms with E-state index in [0.717, 1.165) is 36.0 Å². The number of nitrogens with zero attached hydrogens (tertiary/aromatic N) is 2. The van der Waals surface area contributed by atoms with Gasteiger partial charge in [0.15, 0.2) is 27.3 Å². The number of hydrogen-bond acceptors (Lipinski definition) is 5. The number of hydrogen-bond donors (Lipinski definition) is 1. The third kappa shape index (κ3) is 4.48. The van der Waals surface area contributed by atoms with Gasteiger partial charge in [-0.25, -0.2) is 13.4 Å². The second kappa shape index (κ2) is 7.96. The van der Waals surface area contributed by atoms with E-state index in [1.807, 2.05) is 30.0 Å². The van der Waals surface area contributed by atoms with Crippen LogP contribution in [0.1, 0.15) is 32.8 Å². The Balaban J connectivity index is 1.76. The fourth-order valence-electron chi connectivity index (χ4n) is 3.22. The minimum Gasteiger partial charge on any atom is -0.490 e. The van der Waals surface area contributed by atoms with E-state index >= 15 is 0 Å². The molecule has 1 aromatic rings. The third-order valence-electron chi connectivity index (χ3n) is 4.90. The summed E-state index contributed by atoms with van der Waals surface area (Å²) in [5.74, 6) is 2.42. The topological polar surface area (TPSA) is 80.2 Å². The minimum absolute atomic E-state index is 0.147. The number of nitrogens with one attached hydrogen (secondary N) is 1. The number of sulfone groups is 1. The molecule has 2 aliphatic heterocycles. The molecule has 0 spiro atoms. The van der Waals surface area contributed by atoms with Crippen LogP contribution < -0.4 is 14.8 Å². The largest absolute Gasteiger partial charge is 0.490 e. The van der Waals surface area contributed by atoms with Crippen molar-refractivity contribution in [2.75, 3.05) is 38.6 Å². The summed E-state index contributed by atoms with van der Waals surface area (Å²) in [4.78, 5) is 6.77. The van der Waals surface area contributed by atoms with E-state index in [1.54, 1.807) is 13.8 Å². The molecule has 27 heavy (non-hydrogen) atoms. The lowest BCUT2D eigenvalue weighted by Gasteiger charge is -2.39. The molecular weight excluding hydrogens is 366 g/mol. The molecule has 1 saturated heterocycles. The smallest absolute Gasteiger partial charge is 0.194 e. The molecule has 7 nitrogen and oxygen atoms in total. The van der Waals surface area contributed by atoms with Gasteiger partial charge >= 0.3 is 0 Å². The number of ether oxygens (including phenoxy) is 2. The lowest BCUT2D eigenvalue weighted by molar-refractivity contribution is 0.297. The molecule has 2 heterocycles. The van der Waals surface area contributed by atoms with Gasteiger partial charge < -0.3 is 19.7 Å². The highest BCUT2D eigenvalue weighted by atomic mass is 32.2. The Morgan fingerprint density at radius 2 is 2.00 bits per heavy atom. The summed E-state index contributed by atoms with van der Waals surface area (Å²) >= 11 is 0. The summed E-state index contributed by atoms with van der Waals surface area (Å²) in [6.07, 6.45) is 0.875. The van der Waals surface area contributed by atoms with Crippen LogP contribution in [-0.2, 0) is 16.4 Å². The standard InChI is InChI=1S/C19H29N3O4S/c1-4-20-18(22-8-11-27(23,24)19(2,3)14-22)21-13-15-6-7-16-17(12-15)26-10-5-9-25-16/h6-7,12H,4-5,8-11,13-14H2,1-3H3,(H,20,21). The van der Waals surface area contributed by atoms with Crippen molar-refractivity contribution < 1.29 is 17.9 Å². The summed E-state index contributed by atoms with van der Waals surface area (Å²) in [7, 11) is -3.08. The first kappa shape index (κ1) is 19.8. The van der Waals surface area contributed by atoms with Crippen LogP contribution in [0.15, 0.2) is 23.2 Å². The highest BCUT2D eigenvalue weighted by Gasteiger charge is 2.40. The molecule has 1 fully saturated rings. The minimum atomic E-state index is -3.08. The van der Waals surface area contributed by atoms with Crippen molar-refractivity contribution in [1.29, 1.82) is 0 Å². The van der Waals surface area contributed by atoms with Crippen LogP contribution in [0.4, 0.5) is 0 Å². The van der Waals surface area contributed by atoms with Gasteiger partial charge in [-0.2, -0.15) is 0 Å². The van der Waals surface area contributed by atoms with E-state index in [1.165, 1.54) is 0 Å². The van der Waals surface area contributed by atoms with Crippen molar-refractivity contribution >= 4 is 15.8 Å². The monoisotopic (exact) mass is 395 g/mol. The van der Waals surface area contributed by atoms with Crippen LogP contribution in [0.25, 0.3) is 0 Å². The highest BCUT2D eigenvalue weighted by Crippen LogP contribution is 2.30. The van der Waals surface area contributed by atoms with Gasteiger partial charge in [0.1, 0.15) is 0 Å². The summed E-state index contributed by atoms with van der Waals surface area (Å²) in [6.45, 7) is 8.99. The Morgan fingerprint density at radius 1 is 1.26 bits per heavy atom. The van der Waals surface area contributed by atoms with Crippen molar-refractivity contribution in [2.45, 2.75) is 38.5 Å². The van der Waals surface area contributed by atoms with Crippen LogP contribution in [0, 0.1) is 0 Å². The molecule has 0 atom stereocenters. The molecule has 1 N–H and O–H groups in total. The Bertz CT molecular complexity index is 805. The van der Waals surface area contributed by atoms with Crippen molar-refractivity contribution in [3.8, 4) is 11.5 Å². The van der Waals surface area contributed by atoms with Gasteiger partial charge in [0.05, 0.1) is 30.3 Å². The fraction of sp³-hybridized carbons (Fsp3) is 0.632. The molecule has 150 valence electrons. The zero-order valence-corrected chi connectivity index (χ0v) is 17.1. The molecule has 0 saturated carbocycles. The molecule has 0 radical (unpaired) electrons. The second-order valence-corrected chi connectivity index (χ2v) is 10.2. The molecule has 1 aromatic carbocycles. The average Bonchev–Trinajstić information content (AvgIpc) is 2.86. The number of guanidine groups is 1. The molecule has 8 heteroatoms. The maximum absolute atomic E-state index is 12.3. The molecule has 2 aliphatic rings. The SMILES string of the molecule is CCNC(=NCc1ccc2c(c1)OCCCO2)N1CCS(=O)(=O)C(C)(C)C1. The number of benzene rings is 1. The van der Waals surface area contributed by atoms with Crippen molar-refractivity contribution in [2.24, 2.45) is 4.99 Å². The van der Waals surface area contributed by atoms with Crippen LogP contribution in [0.5, 0.6) is 11.5 Å². The molecule has 0 aromatic heterocycles. The van der Waals surface area contributed by atoms with Crippen molar-refractivity contribution in [1.82, 2.24) is 10.2 Å². The van der Waals surface area contributed by atoms with E-state index in [0.29, 0.717) is 32.8 Å². The van der Waals surface area contributed by atoms with Gasteiger partial charge in [0.25, 0.3) is 0 Å². The predicted molar refractivity (Wildman–Crippen MR) is 106 cm³/mol. The van der Waals surface area contributed by atoms with E-state index in [2.05, 4.69) is 5.32 Å². The maximum atomic E-state index is 12.3. The van der Waals surface area contributed by atoms with Crippen molar-refractivity contribution in [3.05, 3.63) is 23.8 Å². The Kier molecular flexibility index (Phi) is 5.83. The molecular formula is C19H29N3O4S. The van der Waals surface area contributed by atoms with E-state index in [-0.39, 0.29) is 5.75 Å². The Hall–Kier alpha value is -1.96. The lowest BCUT2D eigenvalue weighted by atomic mass is 10.2. The van der Waals surface area contributed by atoms with Crippen LogP contribution >= 0.6 is 0 Å². The Morgan fingerprint density at radius 3 is 2.70 bits per heavy atom. The zero-order valence-electron chi connectivity index (χ0n) is 16.3. The lowest BCUT2D eigenvalue weighted by Crippen LogP contribution is -2.57. The summed E-state index contributed by atoms with van der Waals surface area (Å²) < 4.78 is 35.2. The number of fused-ring (bicyclic) bond motifs is 1.